The van der Waals surface area contributed by atoms with Crippen molar-refractivity contribution in [3.05, 3.63) is 18.1 Å². The topological polar surface area (TPSA) is 73.1 Å². The summed E-state index contributed by atoms with van der Waals surface area (Å²) in [5.41, 5.74) is 0.383. The first kappa shape index (κ1) is 14.8. The minimum atomic E-state index is 0.313. The summed E-state index contributed by atoms with van der Waals surface area (Å²) in [6.45, 7) is 3.54. The summed E-state index contributed by atoms with van der Waals surface area (Å²) in [7, 11) is 0. The maximum Gasteiger partial charge on any atom is 0.222 e. The largest absolute Gasteiger partial charge is 0.354 e. The van der Waals surface area contributed by atoms with E-state index in [1.54, 1.807) is 12.4 Å². The average Bonchev–Trinajstić information content (AvgIpc) is 3.10. The third kappa shape index (κ3) is 3.19. The Hall–Kier alpha value is -2.16. The van der Waals surface area contributed by atoms with Crippen molar-refractivity contribution in [2.75, 3.05) is 31.1 Å². The zero-order valence-electron chi connectivity index (χ0n) is 12.7. The molecule has 3 rings (SSSR count). The van der Waals surface area contributed by atoms with Crippen molar-refractivity contribution >= 4 is 11.7 Å². The van der Waals surface area contributed by atoms with Crippen LogP contribution < -0.4 is 4.90 Å². The monoisotopic (exact) mass is 299 g/mol. The number of aromatic nitrogens is 2. The highest BCUT2D eigenvalue weighted by molar-refractivity contribution is 5.76. The molecule has 0 unspecified atom stereocenters. The first-order valence-corrected chi connectivity index (χ1v) is 8.02. The van der Waals surface area contributed by atoms with Gasteiger partial charge in [-0.25, -0.2) is 9.97 Å². The first-order chi connectivity index (χ1) is 10.8. The van der Waals surface area contributed by atoms with Crippen molar-refractivity contribution in [2.45, 2.75) is 32.1 Å². The van der Waals surface area contributed by atoms with Gasteiger partial charge >= 0.3 is 0 Å². The lowest BCUT2D eigenvalue weighted by molar-refractivity contribution is -0.131. The van der Waals surface area contributed by atoms with Crippen molar-refractivity contribution in [1.29, 1.82) is 5.26 Å². The van der Waals surface area contributed by atoms with Gasteiger partial charge in [-0.05, 0) is 31.6 Å². The standard InChI is InChI=1S/C16H21N5O/c17-12-14-16(19-6-5-18-14)21-9-3-13(4-10-21)11-15(22)20-7-1-2-8-20/h5-6,13H,1-4,7-11H2. The molecule has 0 aromatic carbocycles. The van der Waals surface area contributed by atoms with E-state index in [2.05, 4.69) is 20.9 Å². The SMILES string of the molecule is N#Cc1nccnc1N1CCC(CC(=O)N2CCCC2)CC1. The van der Waals surface area contributed by atoms with Crippen molar-refractivity contribution < 1.29 is 4.79 Å². The van der Waals surface area contributed by atoms with E-state index in [-0.39, 0.29) is 0 Å². The number of nitrogens with zero attached hydrogens (tertiary/aromatic N) is 5. The van der Waals surface area contributed by atoms with E-state index in [0.717, 1.165) is 51.9 Å². The maximum absolute atomic E-state index is 12.2. The number of carbonyl (C=O) groups is 1. The van der Waals surface area contributed by atoms with Crippen LogP contribution in [0.1, 0.15) is 37.8 Å². The van der Waals surface area contributed by atoms with E-state index in [1.807, 2.05) is 4.90 Å². The van der Waals surface area contributed by atoms with Crippen LogP contribution in [0.2, 0.25) is 0 Å². The van der Waals surface area contributed by atoms with Crippen LogP contribution in [0.15, 0.2) is 12.4 Å². The highest BCUT2D eigenvalue weighted by Crippen LogP contribution is 2.26. The Labute approximate surface area is 130 Å². The number of nitriles is 1. The van der Waals surface area contributed by atoms with Gasteiger partial charge in [-0.15, -0.1) is 0 Å². The van der Waals surface area contributed by atoms with Crippen molar-refractivity contribution in [3.63, 3.8) is 0 Å². The van der Waals surface area contributed by atoms with E-state index >= 15 is 0 Å². The van der Waals surface area contributed by atoms with E-state index in [0.29, 0.717) is 29.8 Å². The lowest BCUT2D eigenvalue weighted by Gasteiger charge is -2.33. The fourth-order valence-corrected chi connectivity index (χ4v) is 3.33. The first-order valence-electron chi connectivity index (χ1n) is 8.02. The van der Waals surface area contributed by atoms with Gasteiger partial charge in [0.15, 0.2) is 11.5 Å². The molecular formula is C16H21N5O. The van der Waals surface area contributed by atoms with Crippen molar-refractivity contribution in [1.82, 2.24) is 14.9 Å². The lowest BCUT2D eigenvalue weighted by Crippen LogP contribution is -2.37. The number of amides is 1. The van der Waals surface area contributed by atoms with E-state index in [9.17, 15) is 4.79 Å². The van der Waals surface area contributed by atoms with Gasteiger partial charge < -0.3 is 9.80 Å². The molecule has 1 aromatic heterocycles. The number of carbonyl (C=O) groups excluding carboxylic acids is 1. The molecule has 116 valence electrons. The Kier molecular flexibility index (Phi) is 4.52. The van der Waals surface area contributed by atoms with Crippen LogP contribution in [-0.4, -0.2) is 47.0 Å². The quantitative estimate of drug-likeness (QED) is 0.847. The zero-order valence-corrected chi connectivity index (χ0v) is 12.7. The molecule has 2 fully saturated rings. The smallest absolute Gasteiger partial charge is 0.222 e. The summed E-state index contributed by atoms with van der Waals surface area (Å²) in [6.07, 6.45) is 8.08. The molecule has 6 nitrogen and oxygen atoms in total. The molecule has 0 N–H and O–H groups in total. The molecule has 0 atom stereocenters. The van der Waals surface area contributed by atoms with Crippen LogP contribution in [0.3, 0.4) is 0 Å². The molecule has 6 heteroatoms. The summed E-state index contributed by atoms with van der Waals surface area (Å²) in [4.78, 5) is 24.7. The van der Waals surface area contributed by atoms with Crippen LogP contribution >= 0.6 is 0 Å². The number of hydrogen-bond donors (Lipinski definition) is 0. The summed E-state index contributed by atoms with van der Waals surface area (Å²) in [6, 6.07) is 2.10. The molecule has 0 bridgehead atoms. The van der Waals surface area contributed by atoms with Gasteiger partial charge in [-0.2, -0.15) is 5.26 Å². The fraction of sp³-hybridized carbons (Fsp3) is 0.625. The fourth-order valence-electron chi connectivity index (χ4n) is 3.33. The van der Waals surface area contributed by atoms with Crippen LogP contribution in [0.25, 0.3) is 0 Å². The van der Waals surface area contributed by atoms with Gasteiger partial charge in [0.05, 0.1) is 0 Å². The lowest BCUT2D eigenvalue weighted by atomic mass is 9.93. The van der Waals surface area contributed by atoms with Crippen LogP contribution in [0, 0.1) is 17.2 Å². The van der Waals surface area contributed by atoms with Gasteiger partial charge in [-0.1, -0.05) is 0 Å². The summed E-state index contributed by atoms with van der Waals surface area (Å²) in [5.74, 6) is 1.44. The molecule has 0 aliphatic carbocycles. The van der Waals surface area contributed by atoms with Crippen LogP contribution in [-0.2, 0) is 4.79 Å². The predicted molar refractivity (Wildman–Crippen MR) is 82.1 cm³/mol. The average molecular weight is 299 g/mol. The van der Waals surface area contributed by atoms with Gasteiger partial charge in [0, 0.05) is 45.0 Å². The molecule has 0 spiro atoms. The number of piperidine rings is 1. The van der Waals surface area contributed by atoms with E-state index < -0.39 is 0 Å². The molecule has 2 aliphatic rings. The molecule has 0 saturated carbocycles. The van der Waals surface area contributed by atoms with Gasteiger partial charge in [0.1, 0.15) is 6.07 Å². The molecule has 2 aliphatic heterocycles. The summed E-state index contributed by atoms with van der Waals surface area (Å²) < 4.78 is 0. The molecule has 1 aromatic rings. The highest BCUT2D eigenvalue weighted by Gasteiger charge is 2.26. The molecule has 1 amide bonds. The second kappa shape index (κ2) is 6.73. The molecule has 22 heavy (non-hydrogen) atoms. The van der Waals surface area contributed by atoms with Gasteiger partial charge in [-0.3, -0.25) is 4.79 Å². The van der Waals surface area contributed by atoms with Gasteiger partial charge in [0.25, 0.3) is 0 Å². The Morgan fingerprint density at radius 1 is 1.18 bits per heavy atom. The Morgan fingerprint density at radius 3 is 2.55 bits per heavy atom. The molecule has 2 saturated heterocycles. The predicted octanol–water partition coefficient (Wildman–Crippen LogP) is 1.58. The van der Waals surface area contributed by atoms with Crippen molar-refractivity contribution in [3.8, 4) is 6.07 Å². The normalized spacial score (nSPS) is 19.2. The van der Waals surface area contributed by atoms with E-state index in [1.165, 1.54) is 0 Å². The van der Waals surface area contributed by atoms with Crippen LogP contribution in [0.5, 0.6) is 0 Å². The third-order valence-corrected chi connectivity index (χ3v) is 4.62. The number of rotatable bonds is 3. The summed E-state index contributed by atoms with van der Waals surface area (Å²) in [5, 5.41) is 9.11. The summed E-state index contributed by atoms with van der Waals surface area (Å²) >= 11 is 0. The zero-order chi connectivity index (χ0) is 15.4. The highest BCUT2D eigenvalue weighted by atomic mass is 16.2. The number of hydrogen-bond acceptors (Lipinski definition) is 5. The second-order valence-corrected chi connectivity index (χ2v) is 6.06. The molecule has 0 radical (unpaired) electrons. The Balaban J connectivity index is 1.54. The van der Waals surface area contributed by atoms with Crippen LogP contribution in [0.4, 0.5) is 5.82 Å². The van der Waals surface area contributed by atoms with Gasteiger partial charge in [0.2, 0.25) is 5.91 Å². The number of anilines is 1. The number of likely N-dealkylation sites (tertiary alicyclic amines) is 1. The Bertz CT molecular complexity index is 568. The minimum absolute atomic E-state index is 0.313. The molecule has 3 heterocycles. The second-order valence-electron chi connectivity index (χ2n) is 6.06. The molecular weight excluding hydrogens is 278 g/mol. The maximum atomic E-state index is 12.2. The minimum Gasteiger partial charge on any atom is -0.354 e. The Morgan fingerprint density at radius 2 is 1.86 bits per heavy atom. The van der Waals surface area contributed by atoms with E-state index in [4.69, 9.17) is 5.26 Å². The van der Waals surface area contributed by atoms with Crippen molar-refractivity contribution in [2.24, 2.45) is 5.92 Å². The third-order valence-electron chi connectivity index (χ3n) is 4.62.